The van der Waals surface area contributed by atoms with Crippen LogP contribution in [-0.4, -0.2) is 39.8 Å². The van der Waals surface area contributed by atoms with Gasteiger partial charge in [-0.05, 0) is 31.0 Å². The third-order valence-electron chi connectivity index (χ3n) is 4.63. The summed E-state index contributed by atoms with van der Waals surface area (Å²) >= 11 is 0. The Bertz CT molecular complexity index is 1020. The van der Waals surface area contributed by atoms with E-state index in [0.29, 0.717) is 30.3 Å². The maximum absolute atomic E-state index is 12.8. The topological polar surface area (TPSA) is 93.2 Å². The molecule has 1 aliphatic heterocycles. The number of ether oxygens (including phenoxy) is 2. The number of hydrogen-bond acceptors (Lipinski definition) is 6. The second-order valence-electron chi connectivity index (χ2n) is 6.57. The van der Waals surface area contributed by atoms with Crippen LogP contribution in [0.15, 0.2) is 30.7 Å². The zero-order valence-corrected chi connectivity index (χ0v) is 16.0. The third kappa shape index (κ3) is 3.06. The monoisotopic (exact) mass is 379 g/mol. The van der Waals surface area contributed by atoms with Crippen molar-refractivity contribution >= 4 is 11.6 Å². The summed E-state index contributed by atoms with van der Waals surface area (Å²) in [4.78, 5) is 23.6. The number of aromatic nitrogens is 4. The molecule has 8 heteroatoms. The van der Waals surface area contributed by atoms with Gasteiger partial charge < -0.3 is 9.47 Å². The van der Waals surface area contributed by atoms with Gasteiger partial charge >= 0.3 is 0 Å². The average molecular weight is 379 g/mol. The van der Waals surface area contributed by atoms with Gasteiger partial charge in [0.2, 0.25) is 0 Å². The fourth-order valence-electron chi connectivity index (χ4n) is 3.28. The SMILES string of the molecule is CCCOc1ncc(-c2cc(C)c3c(n2)CN(c2cn[nH]c2)C3=O)cc1OC. The lowest BCUT2D eigenvalue weighted by atomic mass is 10.1. The highest BCUT2D eigenvalue weighted by Gasteiger charge is 2.32. The number of H-pyrrole nitrogens is 1. The predicted molar refractivity (Wildman–Crippen MR) is 104 cm³/mol. The molecule has 0 spiro atoms. The van der Waals surface area contributed by atoms with E-state index in [2.05, 4.69) is 15.2 Å². The van der Waals surface area contributed by atoms with E-state index in [1.54, 1.807) is 30.6 Å². The maximum Gasteiger partial charge on any atom is 0.260 e. The van der Waals surface area contributed by atoms with Gasteiger partial charge in [-0.25, -0.2) is 4.98 Å². The Morgan fingerprint density at radius 1 is 1.29 bits per heavy atom. The van der Waals surface area contributed by atoms with Gasteiger partial charge in [-0.2, -0.15) is 5.10 Å². The molecular weight excluding hydrogens is 358 g/mol. The molecule has 1 amide bonds. The number of amides is 1. The maximum atomic E-state index is 12.8. The molecule has 8 nitrogen and oxygen atoms in total. The summed E-state index contributed by atoms with van der Waals surface area (Å²) in [6.07, 6.45) is 5.93. The van der Waals surface area contributed by atoms with Crippen LogP contribution in [0.5, 0.6) is 11.6 Å². The number of aryl methyl sites for hydroxylation is 1. The minimum atomic E-state index is -0.0630. The van der Waals surface area contributed by atoms with Crippen LogP contribution >= 0.6 is 0 Å². The minimum Gasteiger partial charge on any atom is -0.491 e. The van der Waals surface area contributed by atoms with Crippen molar-refractivity contribution in [3.05, 3.63) is 47.5 Å². The summed E-state index contributed by atoms with van der Waals surface area (Å²) in [6.45, 7) is 4.94. The van der Waals surface area contributed by atoms with Gasteiger partial charge in [-0.3, -0.25) is 19.8 Å². The van der Waals surface area contributed by atoms with Crippen molar-refractivity contribution in [2.24, 2.45) is 0 Å². The molecule has 0 radical (unpaired) electrons. The molecule has 0 fully saturated rings. The Morgan fingerprint density at radius 2 is 2.14 bits per heavy atom. The molecule has 3 aromatic heterocycles. The van der Waals surface area contributed by atoms with Gasteiger partial charge in [0.15, 0.2) is 5.75 Å². The summed E-state index contributed by atoms with van der Waals surface area (Å²) in [6, 6.07) is 3.76. The number of anilines is 1. The number of pyridine rings is 2. The molecule has 28 heavy (non-hydrogen) atoms. The summed E-state index contributed by atoms with van der Waals surface area (Å²) in [7, 11) is 1.59. The lowest BCUT2D eigenvalue weighted by Crippen LogP contribution is -2.22. The molecule has 1 N–H and O–H groups in total. The summed E-state index contributed by atoms with van der Waals surface area (Å²) in [5.41, 5.74) is 4.54. The predicted octanol–water partition coefficient (Wildman–Crippen LogP) is 3.13. The number of nitrogens with one attached hydrogen (secondary N) is 1. The molecule has 0 saturated carbocycles. The molecule has 0 aliphatic carbocycles. The number of carbonyl (C=O) groups is 1. The normalized spacial score (nSPS) is 13.0. The van der Waals surface area contributed by atoms with Crippen LogP contribution in [0.1, 0.15) is 35.0 Å². The van der Waals surface area contributed by atoms with Crippen molar-refractivity contribution in [1.29, 1.82) is 0 Å². The van der Waals surface area contributed by atoms with E-state index in [9.17, 15) is 4.79 Å². The average Bonchev–Trinajstić information content (AvgIpc) is 3.34. The van der Waals surface area contributed by atoms with Crippen molar-refractivity contribution < 1.29 is 14.3 Å². The number of nitrogens with zero attached hydrogens (tertiary/aromatic N) is 4. The number of hydrogen-bond donors (Lipinski definition) is 1. The van der Waals surface area contributed by atoms with E-state index < -0.39 is 0 Å². The standard InChI is InChI=1S/C20H21N5O3/c1-4-5-28-19-17(27-3)7-13(8-21-19)15-6-12(2)18-16(24-15)11-25(20(18)26)14-9-22-23-10-14/h6-10H,4-5,11H2,1-3H3,(H,22,23). The first kappa shape index (κ1) is 18.0. The highest BCUT2D eigenvalue weighted by Crippen LogP contribution is 2.34. The van der Waals surface area contributed by atoms with Gasteiger partial charge in [-0.15, -0.1) is 0 Å². The van der Waals surface area contributed by atoms with E-state index in [1.807, 2.05) is 26.0 Å². The molecule has 0 atom stereocenters. The minimum absolute atomic E-state index is 0.0630. The van der Waals surface area contributed by atoms with Crippen LogP contribution in [0.4, 0.5) is 5.69 Å². The van der Waals surface area contributed by atoms with E-state index in [-0.39, 0.29) is 5.91 Å². The molecule has 0 unspecified atom stereocenters. The first-order valence-corrected chi connectivity index (χ1v) is 9.10. The fourth-order valence-corrected chi connectivity index (χ4v) is 3.28. The number of fused-ring (bicyclic) bond motifs is 1. The van der Waals surface area contributed by atoms with Crippen LogP contribution in [-0.2, 0) is 6.54 Å². The fraction of sp³-hybridized carbons (Fsp3) is 0.300. The van der Waals surface area contributed by atoms with E-state index in [4.69, 9.17) is 14.5 Å². The molecule has 4 heterocycles. The largest absolute Gasteiger partial charge is 0.491 e. The van der Waals surface area contributed by atoms with Crippen molar-refractivity contribution in [3.8, 4) is 22.9 Å². The van der Waals surface area contributed by atoms with Gasteiger partial charge in [0.05, 0.1) is 49.1 Å². The zero-order valence-electron chi connectivity index (χ0n) is 16.0. The van der Waals surface area contributed by atoms with E-state index in [1.165, 1.54) is 0 Å². The van der Waals surface area contributed by atoms with Crippen molar-refractivity contribution in [3.63, 3.8) is 0 Å². The van der Waals surface area contributed by atoms with Crippen molar-refractivity contribution in [2.45, 2.75) is 26.8 Å². The molecule has 4 rings (SSSR count). The van der Waals surface area contributed by atoms with E-state index in [0.717, 1.165) is 34.6 Å². The number of carbonyl (C=O) groups excluding carboxylic acids is 1. The molecule has 1 aliphatic rings. The quantitative estimate of drug-likeness (QED) is 0.707. The Labute approximate surface area is 162 Å². The second-order valence-corrected chi connectivity index (χ2v) is 6.57. The Hall–Kier alpha value is -3.42. The lowest BCUT2D eigenvalue weighted by Gasteiger charge is -2.11. The Morgan fingerprint density at radius 3 is 2.86 bits per heavy atom. The van der Waals surface area contributed by atoms with Crippen molar-refractivity contribution in [2.75, 3.05) is 18.6 Å². The number of methoxy groups -OCH3 is 1. The van der Waals surface area contributed by atoms with E-state index >= 15 is 0 Å². The van der Waals surface area contributed by atoms with Crippen molar-refractivity contribution in [1.82, 2.24) is 20.2 Å². The highest BCUT2D eigenvalue weighted by atomic mass is 16.5. The molecule has 0 bridgehead atoms. The Balaban J connectivity index is 1.69. The number of rotatable bonds is 6. The van der Waals surface area contributed by atoms with Crippen LogP contribution in [0, 0.1) is 6.92 Å². The summed E-state index contributed by atoms with van der Waals surface area (Å²) < 4.78 is 11.0. The van der Waals surface area contributed by atoms with Crippen LogP contribution in [0.3, 0.4) is 0 Å². The molecule has 0 saturated heterocycles. The van der Waals surface area contributed by atoms with Gasteiger partial charge in [0.25, 0.3) is 11.8 Å². The van der Waals surface area contributed by atoms with Gasteiger partial charge in [0.1, 0.15) is 0 Å². The van der Waals surface area contributed by atoms with Crippen LogP contribution < -0.4 is 14.4 Å². The highest BCUT2D eigenvalue weighted by molar-refractivity contribution is 6.10. The van der Waals surface area contributed by atoms with Crippen LogP contribution in [0.25, 0.3) is 11.3 Å². The van der Waals surface area contributed by atoms with Gasteiger partial charge in [0, 0.05) is 18.0 Å². The molecular formula is C20H21N5O3. The van der Waals surface area contributed by atoms with Crippen LogP contribution in [0.2, 0.25) is 0 Å². The summed E-state index contributed by atoms with van der Waals surface area (Å²) in [5, 5.41) is 6.67. The third-order valence-corrected chi connectivity index (χ3v) is 4.63. The molecule has 0 aromatic carbocycles. The number of aromatic amines is 1. The first-order valence-electron chi connectivity index (χ1n) is 9.10. The molecule has 3 aromatic rings. The summed E-state index contributed by atoms with van der Waals surface area (Å²) in [5.74, 6) is 0.960. The first-order chi connectivity index (χ1) is 13.6. The second kappa shape index (κ2) is 7.30. The smallest absolute Gasteiger partial charge is 0.260 e. The zero-order chi connectivity index (χ0) is 19.7. The van der Waals surface area contributed by atoms with Gasteiger partial charge in [-0.1, -0.05) is 6.92 Å². The Kier molecular flexibility index (Phi) is 4.68. The lowest BCUT2D eigenvalue weighted by molar-refractivity contribution is 0.0996. The molecule has 144 valence electrons.